The number of carbonyl (C=O) groups is 3. The highest BCUT2D eigenvalue weighted by atomic mass is 16.3. The molecule has 4 N–H and O–H groups in total. The number of rotatable bonds is 18. The van der Waals surface area contributed by atoms with Crippen molar-refractivity contribution in [1.82, 2.24) is 20.4 Å². The molecular formula is C39H62N4O5. The number of aliphatic hydroxyl groups is 2. The lowest BCUT2D eigenvalue weighted by molar-refractivity contribution is -0.137. The van der Waals surface area contributed by atoms with Gasteiger partial charge in [-0.3, -0.25) is 14.4 Å². The summed E-state index contributed by atoms with van der Waals surface area (Å²) in [6, 6.07) is 8.30. The molecule has 2 aliphatic rings. The lowest BCUT2D eigenvalue weighted by Gasteiger charge is -2.34. The molecular weight excluding hydrogens is 604 g/mol. The van der Waals surface area contributed by atoms with Crippen LogP contribution >= 0.6 is 0 Å². The monoisotopic (exact) mass is 666 g/mol. The van der Waals surface area contributed by atoms with Crippen LogP contribution < -0.4 is 10.6 Å². The maximum atomic E-state index is 13.9. The maximum Gasteiger partial charge on any atom is 0.243 e. The van der Waals surface area contributed by atoms with E-state index in [2.05, 4.69) is 28.5 Å². The van der Waals surface area contributed by atoms with Gasteiger partial charge in [0.25, 0.3) is 0 Å². The maximum absolute atomic E-state index is 13.9. The Morgan fingerprint density at radius 3 is 2.33 bits per heavy atom. The largest absolute Gasteiger partial charge is 0.390 e. The topological polar surface area (TPSA) is 122 Å². The van der Waals surface area contributed by atoms with E-state index < -0.39 is 42.0 Å². The molecule has 2 fully saturated rings. The van der Waals surface area contributed by atoms with E-state index in [1.54, 1.807) is 11.9 Å². The highest BCUT2D eigenvalue weighted by Crippen LogP contribution is 2.29. The Bertz CT molecular complexity index is 1160. The van der Waals surface area contributed by atoms with Crippen LogP contribution in [0.2, 0.25) is 0 Å². The van der Waals surface area contributed by atoms with E-state index in [4.69, 9.17) is 6.42 Å². The third-order valence-corrected chi connectivity index (χ3v) is 10.4. The standard InChI is InChI=1S/C39H62N4O5/c1-6-15-33(39(48)41-34(26-30-18-11-8-12-19-30)37(46)35(44)24-28(2)3)40-38(47)31(25-29-16-9-7-10-17-29)27-36(45)43(5)23-21-32-20-13-14-22-42(32)4/h1,7,9-10,16-17,28,30-35,37,44,46H,8,11-15,18-27H2,2-5H3,(H,40,47)(H,41,48)/t31?,32?,33-,34-,35-,37?/m0/s1. The Kier molecular flexibility index (Phi) is 16.9. The van der Waals surface area contributed by atoms with Gasteiger partial charge in [-0.15, -0.1) is 12.3 Å². The number of benzene rings is 1. The Labute approximate surface area is 289 Å². The zero-order valence-corrected chi connectivity index (χ0v) is 29.9. The molecule has 48 heavy (non-hydrogen) atoms. The van der Waals surface area contributed by atoms with E-state index in [0.29, 0.717) is 37.8 Å². The van der Waals surface area contributed by atoms with Gasteiger partial charge in [-0.25, -0.2) is 0 Å². The first-order chi connectivity index (χ1) is 23.0. The summed E-state index contributed by atoms with van der Waals surface area (Å²) in [6.45, 7) is 5.65. The third kappa shape index (κ3) is 13.2. The quantitative estimate of drug-likeness (QED) is 0.174. The van der Waals surface area contributed by atoms with Gasteiger partial charge in [0.2, 0.25) is 17.7 Å². The summed E-state index contributed by atoms with van der Waals surface area (Å²) in [5.74, 6) is 1.31. The van der Waals surface area contributed by atoms with Crippen molar-refractivity contribution in [3.8, 4) is 12.3 Å². The number of aliphatic hydroxyl groups excluding tert-OH is 2. The summed E-state index contributed by atoms with van der Waals surface area (Å²) in [5.41, 5.74) is 0.921. The molecule has 1 saturated heterocycles. The average Bonchev–Trinajstić information content (AvgIpc) is 3.07. The lowest BCUT2D eigenvalue weighted by Crippen LogP contribution is -2.56. The number of likely N-dealkylation sites (tertiary alicyclic amines) is 1. The first-order valence-corrected chi connectivity index (χ1v) is 18.4. The first-order valence-electron chi connectivity index (χ1n) is 18.4. The van der Waals surface area contributed by atoms with Crippen LogP contribution in [-0.4, -0.2) is 95.3 Å². The van der Waals surface area contributed by atoms with Crippen LogP contribution in [0.4, 0.5) is 0 Å². The van der Waals surface area contributed by atoms with Crippen molar-refractivity contribution in [2.75, 3.05) is 27.2 Å². The van der Waals surface area contributed by atoms with Crippen LogP contribution in [0.3, 0.4) is 0 Å². The minimum Gasteiger partial charge on any atom is -0.390 e. The number of piperidine rings is 1. The summed E-state index contributed by atoms with van der Waals surface area (Å²) in [6.07, 6.45) is 14.7. The third-order valence-electron chi connectivity index (χ3n) is 10.4. The first kappa shape index (κ1) is 39.5. The fourth-order valence-corrected chi connectivity index (χ4v) is 7.36. The van der Waals surface area contributed by atoms with Crippen molar-refractivity contribution in [2.45, 2.75) is 134 Å². The SMILES string of the molecule is C#CC[C@H](NC(=O)C(CC(=O)N(C)CCC1CCCCN1C)Cc1ccccc1)C(=O)N[C@@H](CC1CCCCC1)C(O)[C@@H](O)CC(C)C. The van der Waals surface area contributed by atoms with Crippen molar-refractivity contribution >= 4 is 17.7 Å². The number of hydrogen-bond donors (Lipinski definition) is 4. The summed E-state index contributed by atoms with van der Waals surface area (Å²) in [5, 5.41) is 27.9. The Balaban J connectivity index is 1.72. The Morgan fingerprint density at radius 2 is 1.69 bits per heavy atom. The van der Waals surface area contributed by atoms with Crippen molar-refractivity contribution in [3.63, 3.8) is 0 Å². The van der Waals surface area contributed by atoms with Crippen LogP contribution in [0.1, 0.15) is 103 Å². The van der Waals surface area contributed by atoms with E-state index in [1.807, 2.05) is 44.2 Å². The number of nitrogens with one attached hydrogen (secondary N) is 2. The molecule has 1 aliphatic carbocycles. The lowest BCUT2D eigenvalue weighted by atomic mass is 9.82. The number of terminal acetylenes is 1. The van der Waals surface area contributed by atoms with E-state index in [0.717, 1.165) is 50.6 Å². The highest BCUT2D eigenvalue weighted by molar-refractivity contribution is 5.91. The Hall–Kier alpha value is -2.93. The smallest absolute Gasteiger partial charge is 0.243 e. The van der Waals surface area contributed by atoms with Gasteiger partial charge in [-0.05, 0) is 69.5 Å². The second kappa shape index (κ2) is 20.6. The molecule has 3 amide bonds. The fourth-order valence-electron chi connectivity index (χ4n) is 7.36. The predicted molar refractivity (Wildman–Crippen MR) is 191 cm³/mol. The minimum absolute atomic E-state index is 0.00649. The minimum atomic E-state index is -1.15. The van der Waals surface area contributed by atoms with Crippen LogP contribution in [-0.2, 0) is 20.8 Å². The summed E-state index contributed by atoms with van der Waals surface area (Å²) in [7, 11) is 3.93. The van der Waals surface area contributed by atoms with Crippen molar-refractivity contribution in [1.29, 1.82) is 0 Å². The van der Waals surface area contributed by atoms with E-state index in [1.165, 1.54) is 19.3 Å². The van der Waals surface area contributed by atoms with E-state index >= 15 is 0 Å². The van der Waals surface area contributed by atoms with Crippen molar-refractivity contribution < 1.29 is 24.6 Å². The number of amides is 3. The molecule has 9 heteroatoms. The summed E-state index contributed by atoms with van der Waals surface area (Å²) in [4.78, 5) is 45.2. The molecule has 0 spiro atoms. The summed E-state index contributed by atoms with van der Waals surface area (Å²) >= 11 is 0. The zero-order valence-electron chi connectivity index (χ0n) is 29.9. The Morgan fingerprint density at radius 1 is 1.00 bits per heavy atom. The molecule has 1 aliphatic heterocycles. The normalized spacial score (nSPS) is 20.6. The molecule has 0 aromatic heterocycles. The van der Waals surface area contributed by atoms with Gasteiger partial charge < -0.3 is 30.6 Å². The predicted octanol–water partition coefficient (Wildman–Crippen LogP) is 4.30. The second-order valence-electron chi connectivity index (χ2n) is 14.8. The van der Waals surface area contributed by atoms with Crippen LogP contribution in [0.25, 0.3) is 0 Å². The molecule has 0 bridgehead atoms. The molecule has 6 atom stereocenters. The molecule has 3 unspecified atom stereocenters. The van der Waals surface area contributed by atoms with Crippen molar-refractivity contribution in [3.05, 3.63) is 35.9 Å². The zero-order chi connectivity index (χ0) is 35.1. The fraction of sp³-hybridized carbons (Fsp3) is 0.718. The number of hydrogen-bond acceptors (Lipinski definition) is 6. The molecule has 0 radical (unpaired) electrons. The molecule has 1 heterocycles. The molecule has 1 aromatic carbocycles. The van der Waals surface area contributed by atoms with Crippen LogP contribution in [0.15, 0.2) is 30.3 Å². The summed E-state index contributed by atoms with van der Waals surface area (Å²) < 4.78 is 0. The second-order valence-corrected chi connectivity index (χ2v) is 14.8. The van der Waals surface area contributed by atoms with Gasteiger partial charge in [0, 0.05) is 32.5 Å². The number of carbonyl (C=O) groups excluding carboxylic acids is 3. The van der Waals surface area contributed by atoms with Gasteiger partial charge in [0.05, 0.1) is 18.1 Å². The van der Waals surface area contributed by atoms with Gasteiger partial charge >= 0.3 is 0 Å². The van der Waals surface area contributed by atoms with E-state index in [-0.39, 0.29) is 24.7 Å². The van der Waals surface area contributed by atoms with Crippen LogP contribution in [0.5, 0.6) is 0 Å². The highest BCUT2D eigenvalue weighted by Gasteiger charge is 2.34. The van der Waals surface area contributed by atoms with Gasteiger partial charge in [0.15, 0.2) is 0 Å². The molecule has 268 valence electrons. The van der Waals surface area contributed by atoms with Gasteiger partial charge in [0.1, 0.15) is 12.1 Å². The molecule has 3 rings (SSSR count). The number of nitrogens with zero attached hydrogens (tertiary/aromatic N) is 2. The average molecular weight is 667 g/mol. The van der Waals surface area contributed by atoms with Gasteiger partial charge in [-0.1, -0.05) is 82.7 Å². The molecule has 9 nitrogen and oxygen atoms in total. The van der Waals surface area contributed by atoms with E-state index in [9.17, 15) is 24.6 Å². The molecule has 1 aromatic rings. The van der Waals surface area contributed by atoms with Crippen LogP contribution in [0, 0.1) is 30.1 Å². The van der Waals surface area contributed by atoms with Crippen molar-refractivity contribution in [2.24, 2.45) is 17.8 Å². The van der Waals surface area contributed by atoms with Gasteiger partial charge in [-0.2, -0.15) is 0 Å². The molecule has 1 saturated carbocycles.